The van der Waals surface area contributed by atoms with Crippen LogP contribution in [0.5, 0.6) is 0 Å². The van der Waals surface area contributed by atoms with E-state index in [1.165, 1.54) is 17.5 Å². The fourth-order valence-electron chi connectivity index (χ4n) is 1.82. The van der Waals surface area contributed by atoms with Gasteiger partial charge >= 0.3 is 0 Å². The third-order valence-electron chi connectivity index (χ3n) is 2.79. The van der Waals surface area contributed by atoms with Crippen LogP contribution in [-0.2, 0) is 6.42 Å². The Hall–Kier alpha value is -0.510. The summed E-state index contributed by atoms with van der Waals surface area (Å²) in [4.78, 5) is 0. The van der Waals surface area contributed by atoms with Crippen molar-refractivity contribution in [2.45, 2.75) is 25.8 Å². The van der Waals surface area contributed by atoms with E-state index in [0.29, 0.717) is 6.04 Å². The molecule has 0 radical (unpaired) electrons. The van der Waals surface area contributed by atoms with E-state index in [1.54, 1.807) is 11.8 Å². The Kier molecular flexibility index (Phi) is 7.33. The molecule has 1 rings (SSSR count). The highest BCUT2D eigenvalue weighted by Crippen LogP contribution is 2.19. The van der Waals surface area contributed by atoms with Crippen molar-refractivity contribution in [3.8, 4) is 0 Å². The molecule has 0 aromatic heterocycles. The molecule has 0 amide bonds. The second-order valence-corrected chi connectivity index (χ2v) is 5.28. The normalized spacial score (nSPS) is 12.6. The summed E-state index contributed by atoms with van der Waals surface area (Å²) >= 11 is 1.78. The lowest BCUT2D eigenvalue weighted by Gasteiger charge is -2.16. The molecule has 2 nitrogen and oxygen atoms in total. The van der Waals surface area contributed by atoms with Gasteiger partial charge in [-0.3, -0.25) is 0 Å². The fraction of sp³-hybridized carbons (Fsp3) is 0.571. The van der Waals surface area contributed by atoms with E-state index < -0.39 is 0 Å². The van der Waals surface area contributed by atoms with Crippen LogP contribution >= 0.6 is 11.8 Å². The first-order chi connectivity index (χ1) is 8.31. The molecular formula is C14H23NOS. The van der Waals surface area contributed by atoms with Gasteiger partial charge in [-0.15, -0.1) is 0 Å². The van der Waals surface area contributed by atoms with Crippen molar-refractivity contribution in [1.29, 1.82) is 0 Å². The molecule has 3 heteroatoms. The van der Waals surface area contributed by atoms with Crippen LogP contribution in [0.15, 0.2) is 24.3 Å². The summed E-state index contributed by atoms with van der Waals surface area (Å²) in [5, 5.41) is 12.1. The zero-order valence-electron chi connectivity index (χ0n) is 10.8. The number of hydrogen-bond donors (Lipinski definition) is 2. The molecule has 0 spiro atoms. The molecule has 1 aromatic rings. The second kappa shape index (κ2) is 8.56. The van der Waals surface area contributed by atoms with E-state index in [9.17, 15) is 0 Å². The molecular weight excluding hydrogens is 230 g/mol. The van der Waals surface area contributed by atoms with Crippen LogP contribution in [0.1, 0.15) is 30.5 Å². The van der Waals surface area contributed by atoms with Crippen LogP contribution in [0.25, 0.3) is 0 Å². The summed E-state index contributed by atoms with van der Waals surface area (Å²) in [6.07, 6.45) is 2.35. The summed E-state index contributed by atoms with van der Waals surface area (Å²) in [5.41, 5.74) is 2.74. The Bertz CT molecular complexity index is 300. The van der Waals surface area contributed by atoms with Gasteiger partial charge in [0.1, 0.15) is 0 Å². The molecule has 0 aliphatic carbocycles. The minimum absolute atomic E-state index is 0.260. The number of benzene rings is 1. The first kappa shape index (κ1) is 14.6. The fourth-order valence-corrected chi connectivity index (χ4v) is 2.71. The van der Waals surface area contributed by atoms with Gasteiger partial charge in [-0.2, -0.15) is 11.8 Å². The van der Waals surface area contributed by atoms with Crippen LogP contribution in [-0.4, -0.2) is 30.3 Å². The third kappa shape index (κ3) is 5.11. The van der Waals surface area contributed by atoms with Gasteiger partial charge in [-0.1, -0.05) is 37.6 Å². The third-order valence-corrected chi connectivity index (χ3v) is 3.83. The Morgan fingerprint density at radius 2 is 2.00 bits per heavy atom. The number of nitrogens with one attached hydrogen (secondary N) is 1. The molecule has 0 aliphatic rings. The Morgan fingerprint density at radius 1 is 1.29 bits per heavy atom. The maximum absolute atomic E-state index is 8.78. The van der Waals surface area contributed by atoms with Gasteiger partial charge in [-0.25, -0.2) is 0 Å². The summed E-state index contributed by atoms with van der Waals surface area (Å²) in [5.74, 6) is 1.82. The topological polar surface area (TPSA) is 32.3 Å². The van der Waals surface area contributed by atoms with E-state index in [0.717, 1.165) is 17.9 Å². The van der Waals surface area contributed by atoms with Crippen LogP contribution in [0.3, 0.4) is 0 Å². The molecule has 0 fully saturated rings. The number of aryl methyl sites for hydroxylation is 1. The van der Waals surface area contributed by atoms with Crippen molar-refractivity contribution in [2.75, 3.05) is 25.2 Å². The van der Waals surface area contributed by atoms with Crippen LogP contribution in [0.4, 0.5) is 0 Å². The Labute approximate surface area is 109 Å². The number of aliphatic hydroxyl groups excluding tert-OH is 1. The van der Waals surface area contributed by atoms with Gasteiger partial charge in [0.2, 0.25) is 0 Å². The highest BCUT2D eigenvalue weighted by atomic mass is 32.2. The van der Waals surface area contributed by atoms with Crippen molar-refractivity contribution in [2.24, 2.45) is 0 Å². The molecule has 2 N–H and O–H groups in total. The lowest BCUT2D eigenvalue weighted by molar-refractivity contribution is 0.322. The van der Waals surface area contributed by atoms with Crippen molar-refractivity contribution in [3.05, 3.63) is 35.4 Å². The minimum atomic E-state index is 0.260. The Balaban J connectivity index is 2.55. The maximum atomic E-state index is 8.78. The first-order valence-electron chi connectivity index (χ1n) is 6.26. The summed E-state index contributed by atoms with van der Waals surface area (Å²) in [7, 11) is 1.99. The second-order valence-electron chi connectivity index (χ2n) is 4.13. The van der Waals surface area contributed by atoms with Gasteiger partial charge in [0.05, 0.1) is 6.61 Å². The maximum Gasteiger partial charge on any atom is 0.0521 e. The monoisotopic (exact) mass is 253 g/mol. The molecule has 0 aliphatic heterocycles. The van der Waals surface area contributed by atoms with Gasteiger partial charge in [0.15, 0.2) is 0 Å². The van der Waals surface area contributed by atoms with Crippen LogP contribution in [0.2, 0.25) is 0 Å². The number of thioether (sulfide) groups is 1. The first-order valence-corrected chi connectivity index (χ1v) is 7.42. The number of rotatable bonds is 8. The average molecular weight is 253 g/mol. The SMILES string of the molecule is CCCc1ccc(C(CSCCO)NC)cc1. The molecule has 17 heavy (non-hydrogen) atoms. The van der Waals surface area contributed by atoms with Crippen molar-refractivity contribution >= 4 is 11.8 Å². The van der Waals surface area contributed by atoms with Crippen LogP contribution < -0.4 is 5.32 Å². The highest BCUT2D eigenvalue weighted by molar-refractivity contribution is 7.99. The van der Waals surface area contributed by atoms with Crippen molar-refractivity contribution < 1.29 is 5.11 Å². The number of aliphatic hydroxyl groups is 1. The van der Waals surface area contributed by atoms with E-state index in [-0.39, 0.29) is 6.61 Å². The lowest BCUT2D eigenvalue weighted by atomic mass is 10.0. The molecule has 0 bridgehead atoms. The Morgan fingerprint density at radius 3 is 2.53 bits per heavy atom. The van der Waals surface area contributed by atoms with Crippen molar-refractivity contribution in [1.82, 2.24) is 5.32 Å². The molecule has 0 heterocycles. The van der Waals surface area contributed by atoms with E-state index in [2.05, 4.69) is 36.5 Å². The zero-order chi connectivity index (χ0) is 12.5. The number of hydrogen-bond acceptors (Lipinski definition) is 3. The average Bonchev–Trinajstić information content (AvgIpc) is 2.36. The minimum Gasteiger partial charge on any atom is -0.396 e. The van der Waals surface area contributed by atoms with Crippen molar-refractivity contribution in [3.63, 3.8) is 0 Å². The van der Waals surface area contributed by atoms with Gasteiger partial charge < -0.3 is 10.4 Å². The molecule has 1 atom stereocenters. The highest BCUT2D eigenvalue weighted by Gasteiger charge is 2.08. The van der Waals surface area contributed by atoms with E-state index in [4.69, 9.17) is 5.11 Å². The van der Waals surface area contributed by atoms with Gasteiger partial charge in [0, 0.05) is 17.5 Å². The molecule has 1 aromatic carbocycles. The molecule has 0 saturated carbocycles. The molecule has 0 saturated heterocycles. The van der Waals surface area contributed by atoms with Gasteiger partial charge in [0.25, 0.3) is 0 Å². The van der Waals surface area contributed by atoms with E-state index in [1.807, 2.05) is 7.05 Å². The molecule has 96 valence electrons. The van der Waals surface area contributed by atoms with Crippen LogP contribution in [0, 0.1) is 0 Å². The summed E-state index contributed by atoms with van der Waals surface area (Å²) < 4.78 is 0. The lowest BCUT2D eigenvalue weighted by Crippen LogP contribution is -2.19. The smallest absolute Gasteiger partial charge is 0.0521 e. The standard InChI is InChI=1S/C14H23NOS/c1-3-4-12-5-7-13(8-6-12)14(15-2)11-17-10-9-16/h5-8,14-16H,3-4,9-11H2,1-2H3. The molecule has 1 unspecified atom stereocenters. The largest absolute Gasteiger partial charge is 0.396 e. The zero-order valence-corrected chi connectivity index (χ0v) is 11.6. The van der Waals surface area contributed by atoms with Gasteiger partial charge in [-0.05, 0) is 24.6 Å². The predicted molar refractivity (Wildman–Crippen MR) is 76.6 cm³/mol. The summed E-state index contributed by atoms with van der Waals surface area (Å²) in [6.45, 7) is 2.46. The quantitative estimate of drug-likeness (QED) is 0.699. The predicted octanol–water partition coefficient (Wildman–Crippen LogP) is 2.63. The van der Waals surface area contributed by atoms with E-state index >= 15 is 0 Å². The summed E-state index contributed by atoms with van der Waals surface area (Å²) in [6, 6.07) is 9.25.